The third kappa shape index (κ3) is 11.2. The molecule has 0 saturated heterocycles. The van der Waals surface area contributed by atoms with E-state index in [1.165, 1.54) is 58.3 Å². The molecular weight excluding hydrogens is 255 g/mol. The SMILES string of the molecule is CCCCCCCCCCCCC[C@H](F)[C@H](C)C(=O)O. The Morgan fingerprint density at radius 1 is 0.900 bits per heavy atom. The van der Waals surface area contributed by atoms with E-state index < -0.39 is 18.1 Å². The zero-order chi connectivity index (χ0) is 15.2. The Balaban J connectivity index is 3.22. The van der Waals surface area contributed by atoms with Gasteiger partial charge in [-0.15, -0.1) is 0 Å². The maximum absolute atomic E-state index is 13.4. The molecule has 2 nitrogen and oxygen atoms in total. The number of alkyl halides is 1. The molecule has 0 aliphatic carbocycles. The van der Waals surface area contributed by atoms with E-state index in [0.29, 0.717) is 6.42 Å². The molecule has 20 heavy (non-hydrogen) atoms. The molecule has 2 atom stereocenters. The largest absolute Gasteiger partial charge is 0.481 e. The first kappa shape index (κ1) is 19.4. The van der Waals surface area contributed by atoms with E-state index in [4.69, 9.17) is 5.11 Å². The lowest BCUT2D eigenvalue weighted by atomic mass is 9.99. The third-order valence-electron chi connectivity index (χ3n) is 4.02. The molecule has 0 unspecified atom stereocenters. The van der Waals surface area contributed by atoms with Crippen LogP contribution >= 0.6 is 0 Å². The number of carbonyl (C=O) groups is 1. The summed E-state index contributed by atoms with van der Waals surface area (Å²) >= 11 is 0. The van der Waals surface area contributed by atoms with Crippen molar-refractivity contribution in [3.05, 3.63) is 0 Å². The normalized spacial score (nSPS) is 14.2. The summed E-state index contributed by atoms with van der Waals surface area (Å²) in [5.41, 5.74) is 0. The van der Waals surface area contributed by atoms with Crippen molar-refractivity contribution < 1.29 is 14.3 Å². The van der Waals surface area contributed by atoms with E-state index in [1.807, 2.05) is 0 Å². The number of halogens is 1. The van der Waals surface area contributed by atoms with Crippen LogP contribution < -0.4 is 0 Å². The van der Waals surface area contributed by atoms with Gasteiger partial charge >= 0.3 is 5.97 Å². The van der Waals surface area contributed by atoms with Gasteiger partial charge in [-0.05, 0) is 13.3 Å². The molecule has 3 heteroatoms. The minimum Gasteiger partial charge on any atom is -0.481 e. The summed E-state index contributed by atoms with van der Waals surface area (Å²) < 4.78 is 13.4. The molecule has 0 saturated carbocycles. The molecule has 120 valence electrons. The van der Waals surface area contributed by atoms with E-state index in [0.717, 1.165) is 19.3 Å². The van der Waals surface area contributed by atoms with Crippen LogP contribution in [0.4, 0.5) is 4.39 Å². The Morgan fingerprint density at radius 3 is 1.70 bits per heavy atom. The maximum atomic E-state index is 13.4. The first-order valence-corrected chi connectivity index (χ1v) is 8.46. The number of carboxylic acid groups (broad SMARTS) is 1. The fourth-order valence-corrected chi connectivity index (χ4v) is 2.41. The summed E-state index contributed by atoms with van der Waals surface area (Å²) in [6.07, 6.45) is 12.8. The predicted molar refractivity (Wildman–Crippen MR) is 82.8 cm³/mol. The van der Waals surface area contributed by atoms with Crippen LogP contribution in [0.1, 0.15) is 90.9 Å². The van der Waals surface area contributed by atoms with Gasteiger partial charge in [-0.1, -0.05) is 77.6 Å². The molecule has 0 aromatic heterocycles. The molecule has 0 rings (SSSR count). The molecule has 0 radical (unpaired) electrons. The van der Waals surface area contributed by atoms with Gasteiger partial charge in [0.25, 0.3) is 0 Å². The summed E-state index contributed by atoms with van der Waals surface area (Å²) in [4.78, 5) is 10.6. The number of hydrogen-bond donors (Lipinski definition) is 1. The minimum absolute atomic E-state index is 0.393. The van der Waals surface area contributed by atoms with Gasteiger partial charge in [0.1, 0.15) is 6.17 Å². The first-order chi connectivity index (χ1) is 9.59. The highest BCUT2D eigenvalue weighted by molar-refractivity contribution is 5.70. The van der Waals surface area contributed by atoms with Gasteiger partial charge in [-0.25, -0.2) is 4.39 Å². The molecule has 0 spiro atoms. The van der Waals surface area contributed by atoms with Crippen LogP contribution in [0.15, 0.2) is 0 Å². The average Bonchev–Trinajstić information content (AvgIpc) is 2.43. The number of aliphatic carboxylic acids is 1. The van der Waals surface area contributed by atoms with Crippen LogP contribution in [-0.2, 0) is 4.79 Å². The highest BCUT2D eigenvalue weighted by Crippen LogP contribution is 2.17. The molecule has 1 N–H and O–H groups in total. The topological polar surface area (TPSA) is 37.3 Å². The van der Waals surface area contributed by atoms with Gasteiger partial charge in [0, 0.05) is 0 Å². The second kappa shape index (κ2) is 13.4. The smallest absolute Gasteiger partial charge is 0.309 e. The highest BCUT2D eigenvalue weighted by atomic mass is 19.1. The molecule has 0 aromatic carbocycles. The second-order valence-corrected chi connectivity index (χ2v) is 5.97. The molecule has 0 heterocycles. The van der Waals surface area contributed by atoms with Crippen molar-refractivity contribution in [2.75, 3.05) is 0 Å². The number of carboxylic acids is 1. The zero-order valence-corrected chi connectivity index (χ0v) is 13.4. The average molecular weight is 288 g/mol. The summed E-state index contributed by atoms with van der Waals surface area (Å²) in [7, 11) is 0. The zero-order valence-electron chi connectivity index (χ0n) is 13.4. The lowest BCUT2D eigenvalue weighted by molar-refractivity contribution is -0.143. The van der Waals surface area contributed by atoms with Gasteiger partial charge < -0.3 is 5.11 Å². The van der Waals surface area contributed by atoms with Crippen molar-refractivity contribution in [2.24, 2.45) is 5.92 Å². The lowest BCUT2D eigenvalue weighted by Crippen LogP contribution is -2.21. The van der Waals surface area contributed by atoms with Crippen LogP contribution in [0.3, 0.4) is 0 Å². The van der Waals surface area contributed by atoms with Gasteiger partial charge in [0.2, 0.25) is 0 Å². The first-order valence-electron chi connectivity index (χ1n) is 8.46. The van der Waals surface area contributed by atoms with Crippen molar-refractivity contribution >= 4 is 5.97 Å². The molecule has 0 aromatic rings. The quantitative estimate of drug-likeness (QED) is 0.413. The predicted octanol–water partition coefficient (Wildman–Crippen LogP) is 5.75. The van der Waals surface area contributed by atoms with Crippen molar-refractivity contribution in [1.29, 1.82) is 0 Å². The fraction of sp³-hybridized carbons (Fsp3) is 0.941. The van der Waals surface area contributed by atoms with Crippen LogP contribution in [0.2, 0.25) is 0 Å². The number of unbranched alkanes of at least 4 members (excludes halogenated alkanes) is 10. The van der Waals surface area contributed by atoms with Gasteiger partial charge in [-0.3, -0.25) is 4.79 Å². The monoisotopic (exact) mass is 288 g/mol. The second-order valence-electron chi connectivity index (χ2n) is 5.97. The van der Waals surface area contributed by atoms with E-state index in [9.17, 15) is 9.18 Å². The Kier molecular flexibility index (Phi) is 13.0. The summed E-state index contributed by atoms with van der Waals surface area (Å²) in [5, 5.41) is 8.69. The van der Waals surface area contributed by atoms with Crippen LogP contribution in [0.25, 0.3) is 0 Å². The Bertz CT molecular complexity index is 231. The molecular formula is C17H33FO2. The number of hydrogen-bond acceptors (Lipinski definition) is 1. The van der Waals surface area contributed by atoms with Crippen molar-refractivity contribution in [1.82, 2.24) is 0 Å². The lowest BCUT2D eigenvalue weighted by Gasteiger charge is -2.11. The van der Waals surface area contributed by atoms with E-state index in [1.54, 1.807) is 0 Å². The Labute approximate surface area is 124 Å². The third-order valence-corrected chi connectivity index (χ3v) is 4.02. The van der Waals surface area contributed by atoms with Gasteiger partial charge in [0.15, 0.2) is 0 Å². The van der Waals surface area contributed by atoms with E-state index >= 15 is 0 Å². The number of rotatable bonds is 14. The molecule has 0 aliphatic heterocycles. The highest BCUT2D eigenvalue weighted by Gasteiger charge is 2.22. The van der Waals surface area contributed by atoms with Crippen LogP contribution in [-0.4, -0.2) is 17.2 Å². The van der Waals surface area contributed by atoms with Crippen molar-refractivity contribution in [2.45, 2.75) is 97.1 Å². The fourth-order valence-electron chi connectivity index (χ4n) is 2.41. The Morgan fingerprint density at radius 2 is 1.30 bits per heavy atom. The van der Waals surface area contributed by atoms with Crippen molar-refractivity contribution in [3.8, 4) is 0 Å². The molecule has 0 aliphatic rings. The van der Waals surface area contributed by atoms with Gasteiger partial charge in [-0.2, -0.15) is 0 Å². The molecule has 0 amide bonds. The van der Waals surface area contributed by atoms with Crippen molar-refractivity contribution in [3.63, 3.8) is 0 Å². The maximum Gasteiger partial charge on any atom is 0.309 e. The molecule has 0 bridgehead atoms. The minimum atomic E-state index is -1.19. The Hall–Kier alpha value is -0.600. The summed E-state index contributed by atoms with van der Waals surface area (Å²) in [6.45, 7) is 3.69. The summed E-state index contributed by atoms with van der Waals surface area (Å²) in [6, 6.07) is 0. The molecule has 0 fully saturated rings. The van der Waals surface area contributed by atoms with E-state index in [-0.39, 0.29) is 0 Å². The van der Waals surface area contributed by atoms with Crippen LogP contribution in [0.5, 0.6) is 0 Å². The van der Waals surface area contributed by atoms with Crippen LogP contribution in [0, 0.1) is 5.92 Å². The summed E-state index contributed by atoms with van der Waals surface area (Å²) in [5.74, 6) is -1.89. The van der Waals surface area contributed by atoms with E-state index in [2.05, 4.69) is 6.92 Å². The standard InChI is InChI=1S/C17H33FO2/c1-3-4-5-6-7-8-9-10-11-12-13-14-16(18)15(2)17(19)20/h15-16H,3-14H2,1-2H3,(H,19,20)/t15-,16-/m0/s1. The van der Waals surface area contributed by atoms with Gasteiger partial charge in [0.05, 0.1) is 5.92 Å².